The second-order valence-corrected chi connectivity index (χ2v) is 8.49. The van der Waals surface area contributed by atoms with Crippen LogP contribution in [0.4, 0.5) is 5.69 Å². The van der Waals surface area contributed by atoms with E-state index in [1.54, 1.807) is 31.3 Å². The summed E-state index contributed by atoms with van der Waals surface area (Å²) in [6, 6.07) is 4.66. The highest BCUT2D eigenvalue weighted by atomic mass is 16.4. The van der Waals surface area contributed by atoms with Crippen molar-refractivity contribution in [3.63, 3.8) is 0 Å². The highest BCUT2D eigenvalue weighted by Gasteiger charge is 2.32. The number of aromatic amines is 1. The summed E-state index contributed by atoms with van der Waals surface area (Å²) in [4.78, 5) is 45.0. The predicted molar refractivity (Wildman–Crippen MR) is 119 cm³/mol. The molecule has 1 aromatic carbocycles. The number of rotatable bonds is 7. The van der Waals surface area contributed by atoms with Gasteiger partial charge in [-0.3, -0.25) is 24.2 Å². The number of amides is 2. The number of hydrogen-bond acceptors (Lipinski definition) is 5. The van der Waals surface area contributed by atoms with E-state index in [2.05, 4.69) is 10.3 Å². The molecular formula is C22H31N5O4. The van der Waals surface area contributed by atoms with E-state index in [0.29, 0.717) is 44.0 Å². The zero-order chi connectivity index (χ0) is 22.7. The molecule has 9 nitrogen and oxygen atoms in total. The quantitative estimate of drug-likeness (QED) is 0.617. The number of aromatic nitrogens is 1. The minimum Gasteiger partial charge on any atom is -0.480 e. The predicted octanol–water partition coefficient (Wildman–Crippen LogP) is 1.59. The summed E-state index contributed by atoms with van der Waals surface area (Å²) in [5, 5.41) is 13.7. The number of carbonyl (C=O) groups is 3. The minimum absolute atomic E-state index is 0.0378. The molecule has 1 aromatic heterocycles. The minimum atomic E-state index is -0.921. The lowest BCUT2D eigenvalue weighted by Crippen LogP contribution is -2.51. The van der Waals surface area contributed by atoms with E-state index in [9.17, 15) is 19.5 Å². The normalized spacial score (nSPS) is 16.4. The molecule has 1 fully saturated rings. The molecule has 1 saturated heterocycles. The molecule has 3 rings (SSSR count). The number of carboxylic acid groups (broad SMARTS) is 1. The summed E-state index contributed by atoms with van der Waals surface area (Å²) in [7, 11) is 3.46. The molecule has 0 saturated carbocycles. The number of benzene rings is 1. The third-order valence-electron chi connectivity index (χ3n) is 5.66. The highest BCUT2D eigenvalue weighted by molar-refractivity contribution is 5.96. The van der Waals surface area contributed by atoms with Crippen LogP contribution < -0.4 is 5.32 Å². The molecule has 3 N–H and O–H groups in total. The topological polar surface area (TPSA) is 109 Å². The first-order chi connectivity index (χ1) is 14.7. The summed E-state index contributed by atoms with van der Waals surface area (Å²) in [5.41, 5.74) is 2.13. The average Bonchev–Trinajstić information content (AvgIpc) is 3.12. The molecule has 1 atom stereocenters. The van der Waals surface area contributed by atoms with Gasteiger partial charge in [-0.05, 0) is 18.2 Å². The average molecular weight is 430 g/mol. The van der Waals surface area contributed by atoms with Crippen LogP contribution in [0.15, 0.2) is 24.4 Å². The number of carboxylic acids is 1. The maximum Gasteiger partial charge on any atom is 0.325 e. The molecular weight excluding hydrogens is 398 g/mol. The molecule has 0 spiro atoms. The lowest BCUT2D eigenvalue weighted by molar-refractivity contribution is -0.145. The van der Waals surface area contributed by atoms with E-state index in [1.807, 2.05) is 35.8 Å². The van der Waals surface area contributed by atoms with Crippen LogP contribution in [-0.2, 0) is 14.4 Å². The Bertz CT molecular complexity index is 960. The number of hydrogen-bond donors (Lipinski definition) is 3. The molecule has 9 heteroatoms. The van der Waals surface area contributed by atoms with Crippen LogP contribution in [0.3, 0.4) is 0 Å². The zero-order valence-corrected chi connectivity index (χ0v) is 18.5. The fourth-order valence-electron chi connectivity index (χ4n) is 3.73. The van der Waals surface area contributed by atoms with Crippen molar-refractivity contribution in [1.29, 1.82) is 0 Å². The maximum absolute atomic E-state index is 12.2. The van der Waals surface area contributed by atoms with Gasteiger partial charge in [0.2, 0.25) is 11.8 Å². The molecule has 0 bridgehead atoms. The molecule has 0 aliphatic carbocycles. The van der Waals surface area contributed by atoms with E-state index in [-0.39, 0.29) is 17.7 Å². The van der Waals surface area contributed by atoms with Crippen LogP contribution in [0, 0.1) is 5.92 Å². The Morgan fingerprint density at radius 1 is 1.16 bits per heavy atom. The van der Waals surface area contributed by atoms with E-state index in [4.69, 9.17) is 0 Å². The van der Waals surface area contributed by atoms with Crippen molar-refractivity contribution in [2.45, 2.75) is 19.9 Å². The van der Waals surface area contributed by atoms with Crippen LogP contribution in [0.2, 0.25) is 0 Å². The molecule has 2 aromatic rings. The Kier molecular flexibility index (Phi) is 6.97. The number of nitrogens with one attached hydrogen (secondary N) is 2. The number of fused-ring (bicyclic) bond motifs is 1. The molecule has 1 aliphatic heterocycles. The molecule has 2 amide bonds. The number of nitrogens with zero attached hydrogens (tertiary/aromatic N) is 3. The summed E-state index contributed by atoms with van der Waals surface area (Å²) in [5.74, 6) is -1.12. The second-order valence-electron chi connectivity index (χ2n) is 8.49. The van der Waals surface area contributed by atoms with E-state index in [0.717, 1.165) is 10.9 Å². The van der Waals surface area contributed by atoms with Crippen LogP contribution >= 0.6 is 0 Å². The van der Waals surface area contributed by atoms with Gasteiger partial charge in [-0.25, -0.2) is 0 Å². The van der Waals surface area contributed by atoms with Gasteiger partial charge in [0.25, 0.3) is 0 Å². The Balaban J connectivity index is 1.79. The van der Waals surface area contributed by atoms with Crippen molar-refractivity contribution in [2.24, 2.45) is 5.92 Å². The van der Waals surface area contributed by atoms with Crippen molar-refractivity contribution in [3.05, 3.63) is 30.0 Å². The summed E-state index contributed by atoms with van der Waals surface area (Å²) in [6.07, 6.45) is 1.74. The first kappa shape index (κ1) is 22.8. The number of H-pyrrole nitrogens is 1. The Morgan fingerprint density at radius 2 is 1.84 bits per heavy atom. The van der Waals surface area contributed by atoms with Gasteiger partial charge in [-0.1, -0.05) is 13.8 Å². The largest absolute Gasteiger partial charge is 0.480 e. The summed E-state index contributed by atoms with van der Waals surface area (Å²) >= 11 is 0. The standard InChI is InChI=1S/C22H31N5O4/c1-14(2)21(29)24-15-5-6-18-16(11-15)17(12-23-18)20(22(30)31)27-9-7-26(8-10-27)13-19(28)25(3)4/h5-6,11-12,14,20,23H,7-10,13H2,1-4H3,(H,24,29)(H,30,31)/t20-/m0/s1. The van der Waals surface area contributed by atoms with Gasteiger partial charge in [0, 0.05) is 74.5 Å². The first-order valence-corrected chi connectivity index (χ1v) is 10.5. The van der Waals surface area contributed by atoms with Crippen molar-refractivity contribution < 1.29 is 19.5 Å². The van der Waals surface area contributed by atoms with E-state index >= 15 is 0 Å². The Labute approximate surface area is 182 Å². The van der Waals surface area contributed by atoms with E-state index < -0.39 is 12.0 Å². The number of carbonyl (C=O) groups excluding carboxylic acids is 2. The van der Waals surface area contributed by atoms with Crippen LogP contribution in [0.5, 0.6) is 0 Å². The third kappa shape index (κ3) is 5.23. The number of aliphatic carboxylic acids is 1. The fourth-order valence-corrected chi connectivity index (χ4v) is 3.73. The summed E-state index contributed by atoms with van der Waals surface area (Å²) < 4.78 is 0. The first-order valence-electron chi connectivity index (χ1n) is 10.5. The van der Waals surface area contributed by atoms with Crippen molar-refractivity contribution in [1.82, 2.24) is 19.7 Å². The monoisotopic (exact) mass is 429 g/mol. The lowest BCUT2D eigenvalue weighted by Gasteiger charge is -2.37. The SMILES string of the molecule is CC(C)C(=O)Nc1ccc2[nH]cc([C@@H](C(=O)O)N3CCN(CC(=O)N(C)C)CC3)c2c1. The van der Waals surface area contributed by atoms with E-state index in [1.165, 1.54) is 0 Å². The fraction of sp³-hybridized carbons (Fsp3) is 0.500. The number of piperazine rings is 1. The van der Waals surface area contributed by atoms with Crippen LogP contribution in [0.25, 0.3) is 10.9 Å². The van der Waals surface area contributed by atoms with Gasteiger partial charge in [-0.2, -0.15) is 0 Å². The number of likely N-dealkylation sites (N-methyl/N-ethyl adjacent to an activating group) is 1. The maximum atomic E-state index is 12.2. The zero-order valence-electron chi connectivity index (χ0n) is 18.5. The highest BCUT2D eigenvalue weighted by Crippen LogP contribution is 2.31. The van der Waals surface area contributed by atoms with Gasteiger partial charge in [0.1, 0.15) is 6.04 Å². The molecule has 31 heavy (non-hydrogen) atoms. The van der Waals surface area contributed by atoms with Crippen molar-refractivity contribution >= 4 is 34.4 Å². The van der Waals surface area contributed by atoms with Crippen LogP contribution in [-0.4, -0.2) is 89.4 Å². The smallest absolute Gasteiger partial charge is 0.325 e. The molecule has 0 radical (unpaired) electrons. The van der Waals surface area contributed by atoms with Gasteiger partial charge >= 0.3 is 5.97 Å². The number of anilines is 1. The van der Waals surface area contributed by atoms with Crippen molar-refractivity contribution in [3.8, 4) is 0 Å². The van der Waals surface area contributed by atoms with Crippen molar-refractivity contribution in [2.75, 3.05) is 52.1 Å². The Hall–Kier alpha value is -2.91. The summed E-state index contributed by atoms with van der Waals surface area (Å²) in [6.45, 7) is 6.33. The third-order valence-corrected chi connectivity index (χ3v) is 5.66. The molecule has 2 heterocycles. The van der Waals surface area contributed by atoms with Gasteiger partial charge in [0.15, 0.2) is 0 Å². The molecule has 168 valence electrons. The lowest BCUT2D eigenvalue weighted by atomic mass is 10.0. The van der Waals surface area contributed by atoms with Gasteiger partial charge in [-0.15, -0.1) is 0 Å². The Morgan fingerprint density at radius 3 is 2.42 bits per heavy atom. The molecule has 0 unspecified atom stereocenters. The second kappa shape index (κ2) is 9.49. The van der Waals surface area contributed by atoms with Gasteiger partial charge < -0.3 is 20.3 Å². The van der Waals surface area contributed by atoms with Gasteiger partial charge in [0.05, 0.1) is 6.54 Å². The van der Waals surface area contributed by atoms with Crippen LogP contribution in [0.1, 0.15) is 25.5 Å². The molecule has 1 aliphatic rings.